The van der Waals surface area contributed by atoms with Crippen LogP contribution < -0.4 is 19.5 Å². The van der Waals surface area contributed by atoms with Gasteiger partial charge in [-0.1, -0.05) is 18.2 Å². The van der Waals surface area contributed by atoms with E-state index in [4.69, 9.17) is 14.2 Å². The molecule has 2 aromatic carbocycles. The van der Waals surface area contributed by atoms with Crippen LogP contribution in [-0.4, -0.2) is 79.1 Å². The molecule has 1 aliphatic carbocycles. The van der Waals surface area contributed by atoms with Gasteiger partial charge in [0.25, 0.3) is 0 Å². The Kier molecular flexibility index (Phi) is 7.81. The molecule has 1 heterocycles. The van der Waals surface area contributed by atoms with E-state index in [1.54, 1.807) is 43.4 Å². The lowest BCUT2D eigenvalue weighted by molar-refractivity contribution is -0.134. The third-order valence-electron chi connectivity index (χ3n) is 6.75. The zero-order chi connectivity index (χ0) is 25.8. The average Bonchev–Trinajstić information content (AvgIpc) is 3.28. The van der Waals surface area contributed by atoms with Crippen LogP contribution >= 0.6 is 0 Å². The van der Waals surface area contributed by atoms with Crippen molar-refractivity contribution in [2.24, 2.45) is 0 Å². The van der Waals surface area contributed by atoms with E-state index in [0.29, 0.717) is 29.2 Å². The number of fused-ring (bicyclic) bond motifs is 3. The predicted octanol–water partition coefficient (Wildman–Crippen LogP) is 1.42. The molecule has 3 N–H and O–H groups in total. The molecule has 192 valence electrons. The van der Waals surface area contributed by atoms with Gasteiger partial charge < -0.3 is 34.6 Å². The molecule has 9 nitrogen and oxygen atoms in total. The Morgan fingerprint density at radius 2 is 1.92 bits per heavy atom. The number of amides is 2. The molecule has 0 radical (unpaired) electrons. The lowest BCUT2D eigenvalue weighted by Gasteiger charge is -2.40. The van der Waals surface area contributed by atoms with Crippen molar-refractivity contribution >= 4 is 11.8 Å². The van der Waals surface area contributed by atoms with E-state index >= 15 is 0 Å². The van der Waals surface area contributed by atoms with Crippen molar-refractivity contribution in [1.29, 1.82) is 0 Å². The summed E-state index contributed by atoms with van der Waals surface area (Å²) < 4.78 is 16.9. The van der Waals surface area contributed by atoms with Crippen LogP contribution in [0, 0.1) is 0 Å². The van der Waals surface area contributed by atoms with Crippen molar-refractivity contribution in [3.05, 3.63) is 65.2 Å². The van der Waals surface area contributed by atoms with Crippen LogP contribution in [0.25, 0.3) is 0 Å². The molecule has 2 amide bonds. The number of ether oxygens (including phenoxy) is 3. The quantitative estimate of drug-likeness (QED) is 0.481. The Balaban J connectivity index is 1.67. The molecular weight excluding hydrogens is 464 g/mol. The van der Waals surface area contributed by atoms with Crippen LogP contribution in [0.5, 0.6) is 17.2 Å². The first-order valence-electron chi connectivity index (χ1n) is 11.9. The number of methoxy groups -OCH3 is 2. The third-order valence-corrected chi connectivity index (χ3v) is 6.75. The van der Waals surface area contributed by atoms with Crippen molar-refractivity contribution in [3.63, 3.8) is 0 Å². The average molecular weight is 497 g/mol. The summed E-state index contributed by atoms with van der Waals surface area (Å²) in [4.78, 5) is 27.5. The normalized spacial score (nSPS) is 22.0. The number of rotatable bonds is 9. The van der Waals surface area contributed by atoms with Crippen LogP contribution in [0.3, 0.4) is 0 Å². The maximum Gasteiger partial charge on any atom is 0.247 e. The smallest absolute Gasteiger partial charge is 0.247 e. The number of carbonyl (C=O) groups excluding carboxylic acids is 2. The lowest BCUT2D eigenvalue weighted by Crippen LogP contribution is -2.55. The summed E-state index contributed by atoms with van der Waals surface area (Å²) in [5, 5.41) is 23.3. The molecule has 36 heavy (non-hydrogen) atoms. The summed E-state index contributed by atoms with van der Waals surface area (Å²) in [5.41, 5.74) is 2.06. The highest BCUT2D eigenvalue weighted by molar-refractivity contribution is 5.96. The first-order valence-corrected chi connectivity index (χ1v) is 11.9. The fourth-order valence-electron chi connectivity index (χ4n) is 5.03. The van der Waals surface area contributed by atoms with E-state index in [1.165, 1.54) is 6.92 Å². The maximum atomic E-state index is 13.1. The minimum absolute atomic E-state index is 0.0926. The minimum Gasteiger partial charge on any atom is -0.497 e. The summed E-state index contributed by atoms with van der Waals surface area (Å²) in [7, 11) is 3.16. The van der Waals surface area contributed by atoms with Crippen molar-refractivity contribution in [1.82, 2.24) is 10.2 Å². The van der Waals surface area contributed by atoms with Gasteiger partial charge in [-0.25, -0.2) is 0 Å². The van der Waals surface area contributed by atoms with Crippen molar-refractivity contribution in [2.75, 3.05) is 33.9 Å². The number of hydrogen-bond donors (Lipinski definition) is 3. The molecule has 0 bridgehead atoms. The fraction of sp³-hybridized carbons (Fsp3) is 0.407. The van der Waals surface area contributed by atoms with Crippen LogP contribution in [0.1, 0.15) is 24.0 Å². The van der Waals surface area contributed by atoms with Crippen molar-refractivity contribution in [3.8, 4) is 17.2 Å². The fourth-order valence-corrected chi connectivity index (χ4v) is 5.03. The van der Waals surface area contributed by atoms with E-state index in [9.17, 15) is 19.8 Å². The van der Waals surface area contributed by atoms with Gasteiger partial charge in [-0.3, -0.25) is 9.59 Å². The second-order valence-electron chi connectivity index (χ2n) is 8.82. The number of benzene rings is 2. The Hall–Kier alpha value is -3.56. The lowest BCUT2D eigenvalue weighted by atomic mass is 9.77. The Labute approximate surface area is 210 Å². The molecule has 2 aliphatic rings. The number of hydrogen-bond acceptors (Lipinski definition) is 7. The summed E-state index contributed by atoms with van der Waals surface area (Å²) in [6, 6.07) is 12.0. The molecule has 0 spiro atoms. The third kappa shape index (κ3) is 4.89. The van der Waals surface area contributed by atoms with Gasteiger partial charge in [0.2, 0.25) is 11.8 Å². The van der Waals surface area contributed by atoms with E-state index in [-0.39, 0.29) is 31.5 Å². The molecule has 0 fully saturated rings. The van der Waals surface area contributed by atoms with E-state index < -0.39 is 24.2 Å². The minimum atomic E-state index is -1.06. The molecule has 0 unspecified atom stereocenters. The molecule has 0 saturated carbocycles. The SMILES string of the molecule is COc1ccc(OC)c(CCN(C(C)=O)[C@@H]2C=C(C(=O)NCCO)[C@@H]3c4ccccc4O[C@@H]3[C@H]2O)c1. The Morgan fingerprint density at radius 1 is 1.14 bits per heavy atom. The molecule has 1 aliphatic heterocycles. The van der Waals surface area contributed by atoms with Gasteiger partial charge >= 0.3 is 0 Å². The molecule has 0 saturated heterocycles. The van der Waals surface area contributed by atoms with Crippen LogP contribution in [0.4, 0.5) is 0 Å². The first-order chi connectivity index (χ1) is 17.4. The van der Waals surface area contributed by atoms with Gasteiger partial charge in [0.15, 0.2) is 0 Å². The molecule has 4 rings (SSSR count). The summed E-state index contributed by atoms with van der Waals surface area (Å²) in [6.45, 7) is 1.60. The number of nitrogens with one attached hydrogen (secondary N) is 1. The summed E-state index contributed by atoms with van der Waals surface area (Å²) >= 11 is 0. The van der Waals surface area contributed by atoms with Crippen molar-refractivity contribution in [2.45, 2.75) is 37.5 Å². The number of para-hydroxylation sites is 1. The first kappa shape index (κ1) is 25.5. The van der Waals surface area contributed by atoms with E-state index in [1.807, 2.05) is 24.3 Å². The van der Waals surface area contributed by atoms with E-state index in [0.717, 1.165) is 11.1 Å². The summed E-state index contributed by atoms with van der Waals surface area (Å²) in [5.74, 6) is 0.829. The monoisotopic (exact) mass is 496 g/mol. The van der Waals surface area contributed by atoms with Gasteiger partial charge in [0, 0.05) is 31.1 Å². The number of nitrogens with zero attached hydrogens (tertiary/aromatic N) is 1. The van der Waals surface area contributed by atoms with Crippen LogP contribution in [0.2, 0.25) is 0 Å². The topological polar surface area (TPSA) is 118 Å². The zero-order valence-electron chi connectivity index (χ0n) is 20.6. The molecule has 9 heteroatoms. The Bertz CT molecular complexity index is 1150. The van der Waals surface area contributed by atoms with Gasteiger partial charge in [-0.05, 0) is 42.3 Å². The summed E-state index contributed by atoms with van der Waals surface area (Å²) in [6.07, 6.45) is 0.306. The highest BCUT2D eigenvalue weighted by atomic mass is 16.5. The molecular formula is C27H32N2O7. The van der Waals surface area contributed by atoms with Crippen LogP contribution in [0.15, 0.2) is 54.1 Å². The number of carbonyl (C=O) groups is 2. The van der Waals surface area contributed by atoms with E-state index in [2.05, 4.69) is 5.32 Å². The second kappa shape index (κ2) is 11.0. The van der Waals surface area contributed by atoms with Gasteiger partial charge in [-0.15, -0.1) is 0 Å². The van der Waals surface area contributed by atoms with Crippen molar-refractivity contribution < 1.29 is 34.0 Å². The van der Waals surface area contributed by atoms with Gasteiger partial charge in [0.1, 0.15) is 29.5 Å². The molecule has 4 atom stereocenters. The highest BCUT2D eigenvalue weighted by Crippen LogP contribution is 2.47. The Morgan fingerprint density at radius 3 is 2.61 bits per heavy atom. The van der Waals surface area contributed by atoms with Gasteiger partial charge in [0.05, 0.1) is 32.8 Å². The second-order valence-corrected chi connectivity index (χ2v) is 8.82. The standard InChI is InChI=1S/C27H32N2O7/c1-16(31)29(12-10-17-14-18(34-2)8-9-22(17)35-3)21-15-20(27(33)28-11-13-30)24-19-6-4-5-7-23(19)36-26(24)25(21)32/h4-9,14-15,21,24-26,30,32H,10-13H2,1-3H3,(H,28,33)/t21-,24+,25+,26+/m1/s1. The predicted molar refractivity (Wildman–Crippen MR) is 132 cm³/mol. The molecule has 0 aromatic heterocycles. The zero-order valence-corrected chi connectivity index (χ0v) is 20.6. The number of aliphatic hydroxyl groups is 2. The largest absolute Gasteiger partial charge is 0.497 e. The van der Waals surface area contributed by atoms with Gasteiger partial charge in [-0.2, -0.15) is 0 Å². The highest BCUT2D eigenvalue weighted by Gasteiger charge is 2.50. The number of aliphatic hydroxyl groups excluding tert-OH is 2. The van der Waals surface area contributed by atoms with Crippen LogP contribution in [-0.2, 0) is 16.0 Å². The maximum absolute atomic E-state index is 13.1. The molecule has 2 aromatic rings.